The third-order valence-corrected chi connectivity index (χ3v) is 3.64. The molecular formula is C10H6INO2S. The van der Waals surface area contributed by atoms with Crippen LogP contribution in [0.5, 0.6) is 0 Å². The fourth-order valence-electron chi connectivity index (χ4n) is 1.13. The van der Waals surface area contributed by atoms with Crippen LogP contribution in [0.3, 0.4) is 0 Å². The van der Waals surface area contributed by atoms with Crippen LogP contribution in [0.25, 0.3) is 10.6 Å². The molecule has 0 atom stereocenters. The van der Waals surface area contributed by atoms with Crippen molar-refractivity contribution in [3.63, 3.8) is 0 Å². The van der Waals surface area contributed by atoms with Gasteiger partial charge in [-0.15, -0.1) is 11.3 Å². The lowest BCUT2D eigenvalue weighted by atomic mass is 10.2. The largest absolute Gasteiger partial charge is 0.476 e. The van der Waals surface area contributed by atoms with Gasteiger partial charge in [0.2, 0.25) is 0 Å². The monoisotopic (exact) mass is 331 g/mol. The van der Waals surface area contributed by atoms with Gasteiger partial charge in [-0.3, -0.25) is 0 Å². The summed E-state index contributed by atoms with van der Waals surface area (Å²) in [6.07, 6.45) is 0. The molecule has 76 valence electrons. The Morgan fingerprint density at radius 3 is 2.73 bits per heavy atom. The molecule has 0 saturated carbocycles. The smallest absolute Gasteiger partial charge is 0.355 e. The van der Waals surface area contributed by atoms with Crippen molar-refractivity contribution < 1.29 is 9.90 Å². The predicted octanol–water partition coefficient (Wildman–Crippen LogP) is 3.11. The maximum Gasteiger partial charge on any atom is 0.355 e. The van der Waals surface area contributed by atoms with E-state index in [9.17, 15) is 4.79 Å². The molecule has 5 heteroatoms. The van der Waals surface area contributed by atoms with Gasteiger partial charge in [0.15, 0.2) is 5.69 Å². The molecule has 0 spiro atoms. The van der Waals surface area contributed by atoms with Crippen LogP contribution >= 0.6 is 33.9 Å². The number of aromatic carboxylic acids is 1. The summed E-state index contributed by atoms with van der Waals surface area (Å²) >= 11 is 3.56. The third kappa shape index (κ3) is 2.18. The first-order valence-corrected chi connectivity index (χ1v) is 6.08. The Kier molecular flexibility index (Phi) is 3.01. The Labute approximate surface area is 104 Å². The van der Waals surface area contributed by atoms with E-state index in [0.29, 0.717) is 0 Å². The number of rotatable bonds is 2. The van der Waals surface area contributed by atoms with Gasteiger partial charge in [0.25, 0.3) is 0 Å². The Morgan fingerprint density at radius 1 is 1.40 bits per heavy atom. The molecule has 0 bridgehead atoms. The number of hydrogen-bond donors (Lipinski definition) is 1. The zero-order chi connectivity index (χ0) is 10.8. The first kappa shape index (κ1) is 10.6. The van der Waals surface area contributed by atoms with Crippen molar-refractivity contribution in [3.8, 4) is 10.6 Å². The molecule has 0 unspecified atom stereocenters. The quantitative estimate of drug-likeness (QED) is 0.861. The van der Waals surface area contributed by atoms with Crippen LogP contribution in [-0.2, 0) is 0 Å². The minimum atomic E-state index is -0.983. The molecule has 0 radical (unpaired) electrons. The van der Waals surface area contributed by atoms with Crippen molar-refractivity contribution in [1.29, 1.82) is 0 Å². The van der Waals surface area contributed by atoms with Crippen molar-refractivity contribution in [2.75, 3.05) is 0 Å². The lowest BCUT2D eigenvalue weighted by Crippen LogP contribution is -1.95. The van der Waals surface area contributed by atoms with Gasteiger partial charge in [0, 0.05) is 14.5 Å². The Balaban J connectivity index is 2.46. The minimum absolute atomic E-state index is 0.106. The Morgan fingerprint density at radius 2 is 2.13 bits per heavy atom. The van der Waals surface area contributed by atoms with Gasteiger partial charge in [-0.25, -0.2) is 9.78 Å². The van der Waals surface area contributed by atoms with Crippen LogP contribution in [0.2, 0.25) is 0 Å². The summed E-state index contributed by atoms with van der Waals surface area (Å²) in [7, 11) is 0. The molecule has 0 amide bonds. The van der Waals surface area contributed by atoms with Crippen molar-refractivity contribution in [2.45, 2.75) is 0 Å². The molecule has 0 aliphatic rings. The summed E-state index contributed by atoms with van der Waals surface area (Å²) in [4.78, 5) is 14.7. The average molecular weight is 331 g/mol. The van der Waals surface area contributed by atoms with Crippen molar-refractivity contribution in [3.05, 3.63) is 38.9 Å². The number of benzene rings is 1. The molecule has 0 aliphatic carbocycles. The topological polar surface area (TPSA) is 50.2 Å². The molecule has 0 saturated heterocycles. The third-order valence-electron chi connectivity index (χ3n) is 1.83. The second-order valence-electron chi connectivity index (χ2n) is 2.82. The summed E-state index contributed by atoms with van der Waals surface area (Å²) in [6, 6.07) is 7.76. The van der Waals surface area contributed by atoms with E-state index in [2.05, 4.69) is 27.6 Å². The summed E-state index contributed by atoms with van der Waals surface area (Å²) in [5.41, 5.74) is 1.09. The fourth-order valence-corrected chi connectivity index (χ4v) is 2.79. The van der Waals surface area contributed by atoms with Crippen LogP contribution in [0.15, 0.2) is 29.6 Å². The molecule has 2 aromatic rings. The molecule has 1 aromatic heterocycles. The SMILES string of the molecule is O=C(O)c1csc(-c2ccccc2I)n1. The molecule has 1 heterocycles. The number of thiazole rings is 1. The van der Waals surface area contributed by atoms with Crippen LogP contribution in [0.1, 0.15) is 10.5 Å². The molecule has 1 aromatic carbocycles. The van der Waals surface area contributed by atoms with Crippen molar-refractivity contribution in [2.24, 2.45) is 0 Å². The predicted molar refractivity (Wildman–Crippen MR) is 67.2 cm³/mol. The molecular weight excluding hydrogens is 325 g/mol. The summed E-state index contributed by atoms with van der Waals surface area (Å²) in [6.45, 7) is 0. The maximum atomic E-state index is 10.7. The first-order valence-electron chi connectivity index (χ1n) is 4.12. The number of aromatic nitrogens is 1. The van der Waals surface area contributed by atoms with E-state index in [1.54, 1.807) is 5.38 Å². The lowest BCUT2D eigenvalue weighted by Gasteiger charge is -1.98. The summed E-state index contributed by atoms with van der Waals surface area (Å²) in [5.74, 6) is -0.983. The van der Waals surface area contributed by atoms with Gasteiger partial charge < -0.3 is 5.11 Å². The number of carbonyl (C=O) groups is 1. The van der Waals surface area contributed by atoms with Gasteiger partial charge in [0.05, 0.1) is 0 Å². The number of carboxylic acids is 1. The molecule has 1 N–H and O–H groups in total. The maximum absolute atomic E-state index is 10.7. The van der Waals surface area contributed by atoms with Gasteiger partial charge in [0.1, 0.15) is 5.01 Å². The molecule has 15 heavy (non-hydrogen) atoms. The van der Waals surface area contributed by atoms with E-state index in [4.69, 9.17) is 5.11 Å². The highest BCUT2D eigenvalue weighted by molar-refractivity contribution is 14.1. The highest BCUT2D eigenvalue weighted by atomic mass is 127. The molecule has 2 rings (SSSR count). The second kappa shape index (κ2) is 4.28. The van der Waals surface area contributed by atoms with Gasteiger partial charge in [-0.05, 0) is 28.7 Å². The Bertz CT molecular complexity index is 510. The van der Waals surface area contributed by atoms with E-state index in [0.717, 1.165) is 14.1 Å². The highest BCUT2D eigenvalue weighted by Crippen LogP contribution is 2.27. The molecule has 0 fully saturated rings. The van der Waals surface area contributed by atoms with E-state index in [1.807, 2.05) is 24.3 Å². The number of carboxylic acid groups (broad SMARTS) is 1. The van der Waals surface area contributed by atoms with Gasteiger partial charge in [-0.2, -0.15) is 0 Å². The van der Waals surface area contributed by atoms with Crippen molar-refractivity contribution in [1.82, 2.24) is 4.98 Å². The number of hydrogen-bond acceptors (Lipinski definition) is 3. The lowest BCUT2D eigenvalue weighted by molar-refractivity contribution is 0.0691. The minimum Gasteiger partial charge on any atom is -0.476 e. The molecule has 0 aliphatic heterocycles. The van der Waals surface area contributed by atoms with Crippen molar-refractivity contribution >= 4 is 39.9 Å². The van der Waals surface area contributed by atoms with E-state index >= 15 is 0 Å². The number of nitrogens with zero attached hydrogens (tertiary/aromatic N) is 1. The second-order valence-corrected chi connectivity index (χ2v) is 4.84. The first-order chi connectivity index (χ1) is 7.18. The van der Waals surface area contributed by atoms with Crippen LogP contribution < -0.4 is 0 Å². The average Bonchev–Trinajstić information content (AvgIpc) is 2.67. The number of halogens is 1. The summed E-state index contributed by atoms with van der Waals surface area (Å²) in [5, 5.41) is 11.1. The zero-order valence-electron chi connectivity index (χ0n) is 7.48. The summed E-state index contributed by atoms with van der Waals surface area (Å²) < 4.78 is 1.07. The standard InChI is InChI=1S/C10H6INO2S/c11-7-4-2-1-3-6(7)9-12-8(5-15-9)10(13)14/h1-5H,(H,13,14). The zero-order valence-corrected chi connectivity index (χ0v) is 10.4. The van der Waals surface area contributed by atoms with Crippen LogP contribution in [-0.4, -0.2) is 16.1 Å². The molecule has 3 nitrogen and oxygen atoms in total. The fraction of sp³-hybridized carbons (Fsp3) is 0. The van der Waals surface area contributed by atoms with Crippen LogP contribution in [0, 0.1) is 3.57 Å². The van der Waals surface area contributed by atoms with E-state index in [1.165, 1.54) is 11.3 Å². The van der Waals surface area contributed by atoms with Gasteiger partial charge >= 0.3 is 5.97 Å². The van der Waals surface area contributed by atoms with E-state index in [-0.39, 0.29) is 5.69 Å². The van der Waals surface area contributed by atoms with E-state index < -0.39 is 5.97 Å². The normalized spacial score (nSPS) is 10.2. The Hall–Kier alpha value is -0.950. The van der Waals surface area contributed by atoms with Crippen LogP contribution in [0.4, 0.5) is 0 Å². The van der Waals surface area contributed by atoms with Gasteiger partial charge in [-0.1, -0.05) is 18.2 Å². The highest BCUT2D eigenvalue weighted by Gasteiger charge is 2.11.